The van der Waals surface area contributed by atoms with E-state index in [1.165, 1.54) is 9.13 Å². The van der Waals surface area contributed by atoms with E-state index in [-0.39, 0.29) is 0 Å². The van der Waals surface area contributed by atoms with E-state index < -0.39 is 0 Å². The van der Waals surface area contributed by atoms with Crippen LogP contribution in [0, 0.1) is 10.5 Å². The molecule has 0 fully saturated rings. The van der Waals surface area contributed by atoms with Crippen LogP contribution in [0.4, 0.5) is 5.82 Å². The summed E-state index contributed by atoms with van der Waals surface area (Å²) in [7, 11) is 0. The van der Waals surface area contributed by atoms with Crippen LogP contribution in [0.5, 0.6) is 0 Å². The predicted octanol–water partition coefficient (Wildman–Crippen LogP) is 3.63. The number of nitrogens with one attached hydrogen (secondary N) is 1. The Morgan fingerprint density at radius 3 is 2.65 bits per heavy atom. The number of nitrogen functional groups attached to an aromatic ring is 1. The summed E-state index contributed by atoms with van der Waals surface area (Å²) in [5, 5.41) is 7.23. The topological polar surface area (TPSA) is 67.6 Å². The van der Waals surface area contributed by atoms with Crippen LogP contribution in [0.2, 0.25) is 0 Å². The van der Waals surface area contributed by atoms with Crippen LogP contribution in [-0.4, -0.2) is 15.2 Å². The highest BCUT2D eigenvalue weighted by atomic mass is 127. The van der Waals surface area contributed by atoms with Crippen molar-refractivity contribution in [3.63, 3.8) is 0 Å². The molecule has 2 heterocycles. The highest BCUT2D eigenvalue weighted by molar-refractivity contribution is 14.1. The second-order valence-corrected chi connectivity index (χ2v) is 5.61. The Balaban J connectivity index is 2.24. The molecule has 0 aliphatic heterocycles. The van der Waals surface area contributed by atoms with Crippen LogP contribution in [0.15, 0.2) is 42.7 Å². The highest BCUT2D eigenvalue weighted by Crippen LogP contribution is 2.36. The lowest BCUT2D eigenvalue weighted by atomic mass is 10.0. The lowest BCUT2D eigenvalue weighted by molar-refractivity contribution is 1.10. The van der Waals surface area contributed by atoms with Crippen LogP contribution >= 0.6 is 22.6 Å². The fourth-order valence-corrected chi connectivity index (χ4v) is 2.83. The van der Waals surface area contributed by atoms with E-state index in [0.29, 0.717) is 5.82 Å². The van der Waals surface area contributed by atoms with Gasteiger partial charge in [0.2, 0.25) is 0 Å². The third-order valence-electron chi connectivity index (χ3n) is 3.22. The van der Waals surface area contributed by atoms with E-state index in [4.69, 9.17) is 5.73 Å². The molecule has 0 atom stereocenters. The number of benzene rings is 1. The second-order valence-electron chi connectivity index (χ2n) is 4.53. The maximum absolute atomic E-state index is 6.03. The van der Waals surface area contributed by atoms with Gasteiger partial charge in [0.25, 0.3) is 0 Å². The monoisotopic (exact) mass is 376 g/mol. The van der Waals surface area contributed by atoms with Gasteiger partial charge in [-0.05, 0) is 52.8 Å². The van der Waals surface area contributed by atoms with Crippen molar-refractivity contribution in [1.29, 1.82) is 0 Å². The number of anilines is 1. The molecule has 4 nitrogen and oxygen atoms in total. The second kappa shape index (κ2) is 5.24. The quantitative estimate of drug-likeness (QED) is 0.672. The van der Waals surface area contributed by atoms with Gasteiger partial charge in [-0.2, -0.15) is 5.10 Å². The van der Waals surface area contributed by atoms with Gasteiger partial charge in [-0.15, -0.1) is 0 Å². The summed E-state index contributed by atoms with van der Waals surface area (Å²) in [6, 6.07) is 10.1. The molecule has 0 saturated heterocycles. The summed E-state index contributed by atoms with van der Waals surface area (Å²) >= 11 is 2.35. The van der Waals surface area contributed by atoms with Crippen LogP contribution in [0.25, 0.3) is 22.4 Å². The maximum Gasteiger partial charge on any atom is 0.153 e. The number of rotatable bonds is 2. The minimum Gasteiger partial charge on any atom is -0.382 e. The van der Waals surface area contributed by atoms with Crippen molar-refractivity contribution in [3.8, 4) is 22.4 Å². The largest absolute Gasteiger partial charge is 0.382 e. The van der Waals surface area contributed by atoms with Crippen molar-refractivity contribution in [2.45, 2.75) is 6.92 Å². The zero-order valence-corrected chi connectivity index (χ0v) is 13.0. The first-order valence-electron chi connectivity index (χ1n) is 6.18. The Morgan fingerprint density at radius 2 is 1.90 bits per heavy atom. The van der Waals surface area contributed by atoms with Crippen molar-refractivity contribution >= 4 is 28.4 Å². The van der Waals surface area contributed by atoms with Gasteiger partial charge in [-0.1, -0.05) is 18.2 Å². The first kappa shape index (κ1) is 13.1. The molecule has 3 rings (SSSR count). The number of nitrogens with zero attached hydrogens (tertiary/aromatic N) is 2. The molecule has 2 aromatic heterocycles. The molecule has 5 heteroatoms. The highest BCUT2D eigenvalue weighted by Gasteiger charge is 2.17. The molecule has 0 aliphatic rings. The molecule has 0 aliphatic carbocycles. The number of hydrogen-bond donors (Lipinski definition) is 2. The number of halogens is 1. The molecule has 100 valence electrons. The summed E-state index contributed by atoms with van der Waals surface area (Å²) in [6.45, 7) is 2.09. The van der Waals surface area contributed by atoms with E-state index in [1.807, 2.05) is 18.2 Å². The van der Waals surface area contributed by atoms with Crippen LogP contribution in [-0.2, 0) is 0 Å². The number of H-pyrrole nitrogens is 1. The number of aromatic nitrogens is 3. The van der Waals surface area contributed by atoms with Gasteiger partial charge in [-0.25, -0.2) is 0 Å². The number of pyridine rings is 1. The first-order chi connectivity index (χ1) is 9.68. The fourth-order valence-electron chi connectivity index (χ4n) is 2.20. The molecular weight excluding hydrogens is 363 g/mol. The summed E-state index contributed by atoms with van der Waals surface area (Å²) < 4.78 is 1.20. The Hall–Kier alpha value is -1.89. The Morgan fingerprint density at radius 1 is 1.15 bits per heavy atom. The number of nitrogens with two attached hydrogens (primary N) is 1. The standard InChI is InChI=1S/C15H13IN4/c1-9-3-2-4-11(13(9)16)14-12(15(17)20-19-14)10-5-7-18-8-6-10/h2-8H,1H3,(H3,17,19,20). The van der Waals surface area contributed by atoms with E-state index in [1.54, 1.807) is 12.4 Å². The lowest BCUT2D eigenvalue weighted by Gasteiger charge is -2.08. The fraction of sp³-hybridized carbons (Fsp3) is 0.0667. The van der Waals surface area contributed by atoms with E-state index in [9.17, 15) is 0 Å². The van der Waals surface area contributed by atoms with E-state index in [0.717, 1.165) is 22.4 Å². The van der Waals surface area contributed by atoms with Crippen molar-refractivity contribution in [3.05, 3.63) is 51.9 Å². The molecule has 0 spiro atoms. The minimum atomic E-state index is 0.503. The summed E-state index contributed by atoms with van der Waals surface area (Å²) in [5.74, 6) is 0.503. The molecular formula is C15H13IN4. The van der Waals surface area contributed by atoms with Crippen molar-refractivity contribution < 1.29 is 0 Å². The molecule has 0 unspecified atom stereocenters. The molecule has 1 aromatic carbocycles. The van der Waals surface area contributed by atoms with Gasteiger partial charge in [0.1, 0.15) is 0 Å². The van der Waals surface area contributed by atoms with Crippen LogP contribution < -0.4 is 5.73 Å². The van der Waals surface area contributed by atoms with Gasteiger partial charge < -0.3 is 5.73 Å². The summed E-state index contributed by atoms with van der Waals surface area (Å²) in [5.41, 5.74) is 11.3. The SMILES string of the molecule is Cc1cccc(-c2[nH]nc(N)c2-c2ccncc2)c1I. The minimum absolute atomic E-state index is 0.503. The van der Waals surface area contributed by atoms with Gasteiger partial charge in [-0.3, -0.25) is 10.1 Å². The summed E-state index contributed by atoms with van der Waals surface area (Å²) in [4.78, 5) is 4.05. The van der Waals surface area contributed by atoms with Gasteiger partial charge >= 0.3 is 0 Å². The van der Waals surface area contributed by atoms with E-state index >= 15 is 0 Å². The Bertz CT molecular complexity index is 750. The lowest BCUT2D eigenvalue weighted by Crippen LogP contribution is -1.91. The van der Waals surface area contributed by atoms with Crippen LogP contribution in [0.3, 0.4) is 0 Å². The van der Waals surface area contributed by atoms with Gasteiger partial charge in [0.15, 0.2) is 5.82 Å². The Labute approximate surface area is 130 Å². The molecule has 20 heavy (non-hydrogen) atoms. The normalized spacial score (nSPS) is 10.7. The number of aryl methyl sites for hydroxylation is 1. The maximum atomic E-state index is 6.03. The van der Waals surface area contributed by atoms with Gasteiger partial charge in [0, 0.05) is 21.5 Å². The smallest absolute Gasteiger partial charge is 0.153 e. The van der Waals surface area contributed by atoms with Crippen molar-refractivity contribution in [1.82, 2.24) is 15.2 Å². The molecule has 0 bridgehead atoms. The van der Waals surface area contributed by atoms with Crippen molar-refractivity contribution in [2.24, 2.45) is 0 Å². The molecule has 3 aromatic rings. The van der Waals surface area contributed by atoms with E-state index in [2.05, 4.69) is 56.8 Å². The summed E-state index contributed by atoms with van der Waals surface area (Å²) in [6.07, 6.45) is 3.51. The third kappa shape index (κ3) is 2.18. The number of hydrogen-bond acceptors (Lipinski definition) is 3. The average Bonchev–Trinajstić information content (AvgIpc) is 2.84. The molecule has 0 saturated carbocycles. The van der Waals surface area contributed by atoms with Gasteiger partial charge in [0.05, 0.1) is 11.3 Å². The van der Waals surface area contributed by atoms with Crippen molar-refractivity contribution in [2.75, 3.05) is 5.73 Å². The molecule has 3 N–H and O–H groups in total. The average molecular weight is 376 g/mol. The number of aromatic amines is 1. The zero-order chi connectivity index (χ0) is 14.1. The third-order valence-corrected chi connectivity index (χ3v) is 4.66. The molecule has 0 radical (unpaired) electrons. The first-order valence-corrected chi connectivity index (χ1v) is 7.26. The predicted molar refractivity (Wildman–Crippen MR) is 89.1 cm³/mol. The van der Waals surface area contributed by atoms with Crippen LogP contribution in [0.1, 0.15) is 5.56 Å². The Kier molecular flexibility index (Phi) is 3.43. The molecule has 0 amide bonds. The zero-order valence-electron chi connectivity index (χ0n) is 10.9.